The van der Waals surface area contributed by atoms with Crippen LogP contribution in [0.4, 0.5) is 0 Å². The van der Waals surface area contributed by atoms with Crippen LogP contribution in [-0.2, 0) is 0 Å². The Hall–Kier alpha value is -3.21. The molecule has 3 aromatic rings. The van der Waals surface area contributed by atoms with Gasteiger partial charge in [-0.15, -0.1) is 0 Å². The summed E-state index contributed by atoms with van der Waals surface area (Å²) in [5.41, 5.74) is 4.96. The number of hydrogen-bond donors (Lipinski definition) is 4. The first-order valence-corrected chi connectivity index (χ1v) is 7.84. The molecule has 7 heteroatoms. The van der Waals surface area contributed by atoms with Crippen LogP contribution in [0.3, 0.4) is 0 Å². The van der Waals surface area contributed by atoms with Gasteiger partial charge in [0.15, 0.2) is 5.82 Å². The summed E-state index contributed by atoms with van der Waals surface area (Å²) in [6.07, 6.45) is 0. The van der Waals surface area contributed by atoms with Crippen LogP contribution in [0.2, 0.25) is 0 Å². The maximum atomic E-state index is 12.1. The normalized spacial score (nSPS) is 9.96. The molecule has 3 rings (SSSR count). The molecule has 1 heterocycles. The van der Waals surface area contributed by atoms with E-state index >= 15 is 0 Å². The highest BCUT2D eigenvalue weighted by Gasteiger charge is 2.09. The van der Waals surface area contributed by atoms with E-state index in [1.807, 2.05) is 29.7 Å². The van der Waals surface area contributed by atoms with Gasteiger partial charge in [-0.25, -0.2) is 4.98 Å². The number of aromatic amines is 1. The molecule has 0 bridgehead atoms. The molecule has 0 saturated carbocycles. The molecular formula is C18H14N4O2S. The minimum Gasteiger partial charge on any atom is -0.338 e. The fraction of sp³-hybridized carbons (Fsp3) is 0.0556. The molecule has 0 aliphatic carbocycles. The van der Waals surface area contributed by atoms with Gasteiger partial charge in [0, 0.05) is 11.1 Å². The maximum Gasteiger partial charge on any atom is 0.287 e. The lowest BCUT2D eigenvalue weighted by atomic mass is 10.1. The zero-order chi connectivity index (χ0) is 17.6. The number of carbonyl (C=O) groups excluding carboxylic acids is 1. The van der Waals surface area contributed by atoms with Crippen LogP contribution in [0, 0.1) is 11.8 Å². The van der Waals surface area contributed by atoms with Crippen molar-refractivity contribution in [3.05, 3.63) is 65.5 Å². The van der Waals surface area contributed by atoms with Crippen molar-refractivity contribution in [2.45, 2.75) is 0 Å². The molecule has 0 aliphatic heterocycles. The van der Waals surface area contributed by atoms with Crippen LogP contribution in [0.15, 0.2) is 48.5 Å². The molecule has 0 fully saturated rings. The van der Waals surface area contributed by atoms with Crippen molar-refractivity contribution in [3.63, 3.8) is 0 Å². The number of imidazole rings is 1. The number of benzene rings is 2. The number of aromatic nitrogens is 2. The van der Waals surface area contributed by atoms with E-state index < -0.39 is 0 Å². The van der Waals surface area contributed by atoms with E-state index in [4.69, 9.17) is 17.4 Å². The Bertz CT molecular complexity index is 950. The van der Waals surface area contributed by atoms with E-state index in [2.05, 4.69) is 27.1 Å². The Labute approximate surface area is 149 Å². The van der Waals surface area contributed by atoms with Gasteiger partial charge in [0.2, 0.25) is 0 Å². The average Bonchev–Trinajstić information content (AvgIpc) is 3.09. The molecule has 0 aliphatic rings. The number of nitrogens with zero attached hydrogens (tertiary/aromatic N) is 1. The summed E-state index contributed by atoms with van der Waals surface area (Å²) in [7, 11) is 0. The Morgan fingerprint density at radius 3 is 2.68 bits per heavy atom. The third-order valence-electron chi connectivity index (χ3n) is 3.42. The first-order valence-electron chi connectivity index (χ1n) is 7.43. The lowest BCUT2D eigenvalue weighted by molar-refractivity contribution is 0.0949. The summed E-state index contributed by atoms with van der Waals surface area (Å²) in [4.78, 5) is 19.5. The van der Waals surface area contributed by atoms with E-state index in [1.165, 1.54) is 0 Å². The zero-order valence-electron chi connectivity index (χ0n) is 13.0. The molecule has 0 unspecified atom stereocenters. The lowest BCUT2D eigenvalue weighted by Crippen LogP contribution is -2.24. The van der Waals surface area contributed by atoms with Crippen LogP contribution in [0.1, 0.15) is 21.7 Å². The first-order chi connectivity index (χ1) is 12.2. The number of rotatable bonds is 3. The van der Waals surface area contributed by atoms with Crippen molar-refractivity contribution in [3.8, 4) is 11.8 Å². The second-order valence-electron chi connectivity index (χ2n) is 5.11. The van der Waals surface area contributed by atoms with Crippen molar-refractivity contribution < 1.29 is 10.0 Å². The molecule has 1 aromatic heterocycles. The topological polar surface area (TPSA) is 90.0 Å². The van der Waals surface area contributed by atoms with Gasteiger partial charge in [0.25, 0.3) is 5.91 Å². The Morgan fingerprint density at radius 1 is 1.20 bits per heavy atom. The van der Waals surface area contributed by atoms with E-state index in [1.54, 1.807) is 24.3 Å². The second kappa shape index (κ2) is 7.57. The number of hydroxylamine groups is 1. The molecule has 6 nitrogen and oxygen atoms in total. The molecule has 0 atom stereocenters. The summed E-state index contributed by atoms with van der Waals surface area (Å²) < 4.78 is 0. The molecule has 0 radical (unpaired) electrons. The summed E-state index contributed by atoms with van der Waals surface area (Å²) in [6.45, 7) is 0.203. The van der Waals surface area contributed by atoms with Crippen molar-refractivity contribution in [2.75, 3.05) is 6.54 Å². The fourth-order valence-corrected chi connectivity index (χ4v) is 2.32. The largest absolute Gasteiger partial charge is 0.338 e. The van der Waals surface area contributed by atoms with Gasteiger partial charge >= 0.3 is 0 Å². The van der Waals surface area contributed by atoms with Crippen LogP contribution in [-0.4, -0.2) is 32.6 Å². The van der Waals surface area contributed by atoms with Gasteiger partial charge < -0.3 is 10.3 Å². The number of hydrogen-bond acceptors (Lipinski definition) is 4. The van der Waals surface area contributed by atoms with E-state index in [0.29, 0.717) is 5.56 Å². The predicted molar refractivity (Wildman–Crippen MR) is 98.4 cm³/mol. The number of para-hydroxylation sites is 2. The van der Waals surface area contributed by atoms with Gasteiger partial charge in [0.05, 0.1) is 17.6 Å². The molecule has 0 saturated heterocycles. The zero-order valence-corrected chi connectivity index (χ0v) is 13.9. The monoisotopic (exact) mass is 350 g/mol. The summed E-state index contributed by atoms with van der Waals surface area (Å²) in [6, 6.07) is 14.5. The average molecular weight is 350 g/mol. The standard InChI is InChI=1S/C18H14N4O2S/c23-17(16-20-14-5-1-2-6-15(14)21-16)19-11-3-4-12-7-9-13(10-8-12)18(25)22-24/h1-2,5-10,24H,11H2,(H,19,23)(H,20,21)(H,22,25). The minimum atomic E-state index is -0.305. The highest BCUT2D eigenvalue weighted by Crippen LogP contribution is 2.09. The Balaban J connectivity index is 1.58. The van der Waals surface area contributed by atoms with E-state index in [0.717, 1.165) is 16.6 Å². The third-order valence-corrected chi connectivity index (χ3v) is 3.75. The number of fused-ring (bicyclic) bond motifs is 1. The maximum absolute atomic E-state index is 12.1. The minimum absolute atomic E-state index is 0.203. The SMILES string of the molecule is O=C(NCC#Cc1ccc(C(=S)NO)cc1)c1nc2ccccc2[nH]1. The Kier molecular flexibility index (Phi) is 5.04. The van der Waals surface area contributed by atoms with Crippen LogP contribution in [0.5, 0.6) is 0 Å². The Morgan fingerprint density at radius 2 is 1.96 bits per heavy atom. The molecule has 2 aromatic carbocycles. The quantitative estimate of drug-likeness (QED) is 0.330. The van der Waals surface area contributed by atoms with Crippen LogP contribution >= 0.6 is 12.2 Å². The van der Waals surface area contributed by atoms with Gasteiger partial charge in [0.1, 0.15) is 4.99 Å². The van der Waals surface area contributed by atoms with Gasteiger partial charge in [-0.2, -0.15) is 0 Å². The number of thiocarbonyl (C=S) groups is 1. The van der Waals surface area contributed by atoms with Gasteiger partial charge in [-0.1, -0.05) is 48.3 Å². The highest BCUT2D eigenvalue weighted by molar-refractivity contribution is 7.80. The first kappa shape index (κ1) is 16.6. The molecule has 1 amide bonds. The smallest absolute Gasteiger partial charge is 0.287 e. The number of amides is 1. The van der Waals surface area contributed by atoms with Crippen molar-refractivity contribution >= 4 is 34.1 Å². The van der Waals surface area contributed by atoms with E-state index in [-0.39, 0.29) is 23.3 Å². The summed E-state index contributed by atoms with van der Waals surface area (Å²) >= 11 is 4.92. The lowest BCUT2D eigenvalue weighted by Gasteiger charge is -2.00. The number of nitrogens with one attached hydrogen (secondary N) is 3. The molecule has 25 heavy (non-hydrogen) atoms. The third kappa shape index (κ3) is 4.01. The van der Waals surface area contributed by atoms with E-state index in [9.17, 15) is 4.79 Å². The van der Waals surface area contributed by atoms with Gasteiger partial charge in [-0.3, -0.25) is 15.5 Å². The van der Waals surface area contributed by atoms with Crippen LogP contribution in [0.25, 0.3) is 11.0 Å². The van der Waals surface area contributed by atoms with Crippen molar-refractivity contribution in [1.29, 1.82) is 0 Å². The number of H-pyrrole nitrogens is 1. The fourth-order valence-electron chi connectivity index (χ4n) is 2.18. The molecule has 124 valence electrons. The number of carbonyl (C=O) groups is 1. The summed E-state index contributed by atoms with van der Waals surface area (Å²) in [5, 5.41) is 11.5. The van der Waals surface area contributed by atoms with Crippen LogP contribution < -0.4 is 10.8 Å². The van der Waals surface area contributed by atoms with Crippen molar-refractivity contribution in [1.82, 2.24) is 20.8 Å². The summed E-state index contributed by atoms with van der Waals surface area (Å²) in [5.74, 6) is 5.77. The van der Waals surface area contributed by atoms with Gasteiger partial charge in [-0.05, 0) is 24.3 Å². The predicted octanol–water partition coefficient (Wildman–Crippen LogP) is 2.00. The highest BCUT2D eigenvalue weighted by atomic mass is 32.1. The second-order valence-corrected chi connectivity index (χ2v) is 5.51. The molecule has 4 N–H and O–H groups in total. The van der Waals surface area contributed by atoms with Crippen molar-refractivity contribution in [2.24, 2.45) is 0 Å². The molecular weight excluding hydrogens is 336 g/mol. The molecule has 0 spiro atoms.